The zero-order chi connectivity index (χ0) is 45.0. The molecule has 21 atom stereocenters. The molecule has 0 aromatic heterocycles. The molecule has 0 saturated carbocycles. The highest BCUT2D eigenvalue weighted by molar-refractivity contribution is 5.96. The first-order valence-corrected chi connectivity index (χ1v) is 23.2. The zero-order valence-electron chi connectivity index (χ0n) is 38.8. The molecule has 6 rings (SSSR count). The quantitative estimate of drug-likeness (QED) is 0.154. The Morgan fingerprint density at radius 3 is 2.25 bits per heavy atom. The molecule has 61 heavy (non-hydrogen) atoms. The fourth-order valence-electron chi connectivity index (χ4n) is 11.8. The number of carboxylic acid groups (broad SMARTS) is 1. The van der Waals surface area contributed by atoms with Crippen LogP contribution in [0.15, 0.2) is 11.6 Å². The lowest BCUT2D eigenvalue weighted by Crippen LogP contribution is -2.63. The number of ketones is 1. The molecule has 350 valence electrons. The van der Waals surface area contributed by atoms with E-state index in [4.69, 9.17) is 37.9 Å². The van der Waals surface area contributed by atoms with Crippen LogP contribution in [0.3, 0.4) is 0 Å². The van der Waals surface area contributed by atoms with Gasteiger partial charge in [-0.2, -0.15) is 0 Å². The Balaban J connectivity index is 1.24. The molecule has 0 aliphatic carbocycles. The lowest BCUT2D eigenvalue weighted by molar-refractivity contribution is -0.390. The molecule has 14 nitrogen and oxygen atoms in total. The first kappa shape index (κ1) is 48.9. The second kappa shape index (κ2) is 18.7. The Kier molecular flexibility index (Phi) is 15.0. The van der Waals surface area contributed by atoms with E-state index in [0.29, 0.717) is 44.1 Å². The summed E-state index contributed by atoms with van der Waals surface area (Å²) in [7, 11) is 1.70. The van der Waals surface area contributed by atoms with Crippen LogP contribution in [-0.2, 0) is 47.5 Å². The summed E-state index contributed by atoms with van der Waals surface area (Å²) in [5, 5.41) is 42.5. The van der Waals surface area contributed by atoms with E-state index in [9.17, 15) is 30.0 Å². The highest BCUT2D eigenvalue weighted by atomic mass is 16.8. The standard InChI is InChI=1S/C47H78O14/c1-24(40(50)25(2)18-28(5)43(51)52)17-26(3)41-31(8)34(49)22-45(59-41)16-15-44(11,61-45)38-21-36(56-39-14-13-35(54-12)33(10)55-39)32(9)47(58-38)30(7)20-37(57-47)42-27(4)19-29(6)46(53,23-48)60-42/h17,25-39,41-42,48-49,53H,13-16,18-23H2,1-12H3,(H,51,52)/b24-17+/t25-,26+,27+,28+,29-,30+,31-,32-,33-,34+,35+,36+,37?,38?,39-,41?,42+,44+,45-,46+,47+/m1/s1. The van der Waals surface area contributed by atoms with Crippen molar-refractivity contribution in [1.29, 1.82) is 0 Å². The molecule has 6 aliphatic heterocycles. The largest absolute Gasteiger partial charge is 0.481 e. The number of rotatable bonds is 13. The minimum atomic E-state index is -1.66. The van der Waals surface area contributed by atoms with Gasteiger partial charge < -0.3 is 58.3 Å². The van der Waals surface area contributed by atoms with Crippen LogP contribution in [0.5, 0.6) is 0 Å². The Morgan fingerprint density at radius 1 is 0.902 bits per heavy atom. The van der Waals surface area contributed by atoms with Crippen molar-refractivity contribution in [2.75, 3.05) is 13.7 Å². The molecule has 6 heterocycles. The predicted octanol–water partition coefficient (Wildman–Crippen LogP) is 6.15. The smallest absolute Gasteiger partial charge is 0.306 e. The number of methoxy groups -OCH3 is 1. The van der Waals surface area contributed by atoms with Crippen LogP contribution in [0.1, 0.15) is 134 Å². The predicted molar refractivity (Wildman–Crippen MR) is 224 cm³/mol. The molecular weight excluding hydrogens is 789 g/mol. The van der Waals surface area contributed by atoms with Crippen molar-refractivity contribution in [3.05, 3.63) is 11.6 Å². The molecule has 0 amide bonds. The zero-order valence-corrected chi connectivity index (χ0v) is 38.8. The molecule has 0 aromatic rings. The van der Waals surface area contributed by atoms with Gasteiger partial charge in [-0.1, -0.05) is 61.5 Å². The van der Waals surface area contributed by atoms with Crippen molar-refractivity contribution in [2.45, 2.75) is 212 Å². The third kappa shape index (κ3) is 9.71. The van der Waals surface area contributed by atoms with Gasteiger partial charge in [0.2, 0.25) is 0 Å². The number of carboxylic acids is 1. The second-order valence-corrected chi connectivity index (χ2v) is 20.6. The molecule has 6 aliphatic rings. The number of aliphatic hydroxyl groups excluding tert-OH is 2. The molecule has 14 heteroatoms. The van der Waals surface area contributed by atoms with Crippen LogP contribution in [-0.4, -0.2) is 124 Å². The van der Waals surface area contributed by atoms with E-state index in [1.165, 1.54) is 0 Å². The number of aliphatic hydroxyl groups is 3. The lowest BCUT2D eigenvalue weighted by atomic mass is 9.76. The first-order chi connectivity index (χ1) is 28.5. The fourth-order valence-corrected chi connectivity index (χ4v) is 11.8. The SMILES string of the molecule is CO[C@H]1CC[C@@H](O[C@H]2CC([C@]3(C)CC[C@]4(C[C@H](O)[C@@H](C)C([C@@H](C)/C=C(\C)C(=O)[C@H](C)C[C@H](C)C(=O)O)O4)O3)O[C@]3(OC([C@H]4O[C@@](O)(CO)[C@H](C)C[C@@H]4C)C[C@@H]3C)[C@@H]2C)O[C@@H]1C. The summed E-state index contributed by atoms with van der Waals surface area (Å²) in [6, 6.07) is 0. The van der Waals surface area contributed by atoms with Gasteiger partial charge in [-0.05, 0) is 64.4 Å². The van der Waals surface area contributed by atoms with Crippen molar-refractivity contribution >= 4 is 11.8 Å². The number of Topliss-reactive ketones (excluding diaryl/α,β-unsaturated/α-hetero) is 1. The van der Waals surface area contributed by atoms with Gasteiger partial charge in [-0.15, -0.1) is 0 Å². The third-order valence-electron chi connectivity index (χ3n) is 15.9. The number of carbonyl (C=O) groups excluding carboxylic acids is 1. The molecule has 3 unspecified atom stereocenters. The second-order valence-electron chi connectivity index (χ2n) is 20.6. The summed E-state index contributed by atoms with van der Waals surface area (Å²) in [5.74, 6) is -7.01. The van der Waals surface area contributed by atoms with Crippen molar-refractivity contribution in [3.63, 3.8) is 0 Å². The summed E-state index contributed by atoms with van der Waals surface area (Å²) >= 11 is 0. The molecular formula is C47H78O14. The Labute approximate surface area is 363 Å². The number of aliphatic carboxylic acids is 1. The van der Waals surface area contributed by atoms with Gasteiger partial charge in [0.25, 0.3) is 0 Å². The van der Waals surface area contributed by atoms with Crippen molar-refractivity contribution < 1.29 is 67.9 Å². The maximum absolute atomic E-state index is 13.4. The van der Waals surface area contributed by atoms with Gasteiger partial charge in [0.15, 0.2) is 29.4 Å². The van der Waals surface area contributed by atoms with E-state index >= 15 is 0 Å². The molecule has 6 saturated heterocycles. The van der Waals surface area contributed by atoms with Gasteiger partial charge in [0, 0.05) is 68.3 Å². The maximum atomic E-state index is 13.4. The van der Waals surface area contributed by atoms with Crippen LogP contribution >= 0.6 is 0 Å². The van der Waals surface area contributed by atoms with Crippen LogP contribution in [0.2, 0.25) is 0 Å². The number of hydrogen-bond donors (Lipinski definition) is 4. The molecule has 0 aromatic carbocycles. The molecule has 6 fully saturated rings. The number of carbonyl (C=O) groups is 2. The van der Waals surface area contributed by atoms with Crippen LogP contribution in [0.4, 0.5) is 0 Å². The van der Waals surface area contributed by atoms with Crippen molar-refractivity contribution in [3.8, 4) is 0 Å². The average Bonchev–Trinajstić information content (AvgIpc) is 3.71. The molecule has 4 N–H and O–H groups in total. The Bertz CT molecular complexity index is 1570. The van der Waals surface area contributed by atoms with Crippen molar-refractivity contribution in [1.82, 2.24) is 0 Å². The molecule has 0 bridgehead atoms. The Hall–Kier alpha value is -1.56. The lowest BCUT2D eigenvalue weighted by Gasteiger charge is -2.54. The minimum Gasteiger partial charge on any atom is -0.481 e. The molecule has 2 spiro atoms. The number of allylic oxidation sites excluding steroid dienone is 1. The summed E-state index contributed by atoms with van der Waals surface area (Å²) in [4.78, 5) is 24.8. The highest BCUT2D eigenvalue weighted by Gasteiger charge is 2.65. The maximum Gasteiger partial charge on any atom is 0.306 e. The normalized spacial score (nSPS) is 48.6. The number of ether oxygens (including phenoxy) is 8. The van der Waals surface area contributed by atoms with Gasteiger partial charge in [0.05, 0.1) is 67.0 Å². The fraction of sp³-hybridized carbons (Fsp3) is 0.915. The minimum absolute atomic E-state index is 0.0130. The Morgan fingerprint density at radius 2 is 1.61 bits per heavy atom. The topological polar surface area (TPSA) is 189 Å². The summed E-state index contributed by atoms with van der Waals surface area (Å²) in [6.07, 6.45) is 3.25. The van der Waals surface area contributed by atoms with E-state index < -0.39 is 84.2 Å². The van der Waals surface area contributed by atoms with Crippen molar-refractivity contribution in [2.24, 2.45) is 47.3 Å². The van der Waals surface area contributed by atoms with E-state index in [1.54, 1.807) is 27.9 Å². The van der Waals surface area contributed by atoms with Crippen LogP contribution in [0, 0.1) is 47.3 Å². The highest BCUT2D eigenvalue weighted by Crippen LogP contribution is 2.56. The van der Waals surface area contributed by atoms with E-state index in [-0.39, 0.29) is 72.4 Å². The van der Waals surface area contributed by atoms with Gasteiger partial charge in [-0.3, -0.25) is 9.59 Å². The summed E-state index contributed by atoms with van der Waals surface area (Å²) in [6.45, 7) is 20.9. The first-order valence-electron chi connectivity index (χ1n) is 23.2. The number of hydrogen-bond acceptors (Lipinski definition) is 13. The van der Waals surface area contributed by atoms with Gasteiger partial charge in [-0.25, -0.2) is 0 Å². The van der Waals surface area contributed by atoms with Gasteiger partial charge in [0.1, 0.15) is 0 Å². The van der Waals surface area contributed by atoms with Crippen LogP contribution in [0.25, 0.3) is 0 Å². The van der Waals surface area contributed by atoms with Gasteiger partial charge >= 0.3 is 5.97 Å². The van der Waals surface area contributed by atoms with Crippen LogP contribution < -0.4 is 0 Å². The molecule has 0 radical (unpaired) electrons. The average molecular weight is 867 g/mol. The third-order valence-corrected chi connectivity index (χ3v) is 15.9. The monoisotopic (exact) mass is 867 g/mol. The summed E-state index contributed by atoms with van der Waals surface area (Å²) < 4.78 is 53.9. The van der Waals surface area contributed by atoms with E-state index in [0.717, 1.165) is 6.42 Å². The summed E-state index contributed by atoms with van der Waals surface area (Å²) in [5.41, 5.74) is -0.326. The van der Waals surface area contributed by atoms with E-state index in [2.05, 4.69) is 27.7 Å². The van der Waals surface area contributed by atoms with E-state index in [1.807, 2.05) is 33.8 Å².